The predicted molar refractivity (Wildman–Crippen MR) is 119 cm³/mol. The lowest BCUT2D eigenvalue weighted by atomic mass is 10.4. The summed E-state index contributed by atoms with van der Waals surface area (Å²) >= 11 is 1.86. The van der Waals surface area contributed by atoms with Crippen molar-refractivity contribution >= 4 is 41.7 Å². The Balaban J connectivity index is 0.00000338. The van der Waals surface area contributed by atoms with E-state index >= 15 is 0 Å². The first-order valence-corrected chi connectivity index (χ1v) is 10.5. The summed E-state index contributed by atoms with van der Waals surface area (Å²) in [7, 11) is 1.97. The average molecular weight is 496 g/mol. The molecule has 1 aromatic rings. The number of nitrogens with one attached hydrogen (secondary N) is 2. The van der Waals surface area contributed by atoms with Crippen molar-refractivity contribution in [2.75, 3.05) is 38.3 Å². The van der Waals surface area contributed by atoms with E-state index in [-0.39, 0.29) is 24.0 Å². The summed E-state index contributed by atoms with van der Waals surface area (Å²) in [6.45, 7) is 5.99. The molecule has 1 fully saturated rings. The third-order valence-corrected chi connectivity index (χ3v) is 4.88. The van der Waals surface area contributed by atoms with Gasteiger partial charge < -0.3 is 19.9 Å². The third kappa shape index (κ3) is 9.40. The number of hydrogen-bond acceptors (Lipinski definition) is 5. The minimum absolute atomic E-state index is 0. The first-order chi connectivity index (χ1) is 12.2. The van der Waals surface area contributed by atoms with Crippen LogP contribution in [0, 0.1) is 12.8 Å². The van der Waals surface area contributed by atoms with Crippen molar-refractivity contribution in [1.82, 2.24) is 25.4 Å². The van der Waals surface area contributed by atoms with E-state index in [0.29, 0.717) is 6.54 Å². The molecule has 1 aliphatic carbocycles. The molecule has 1 aliphatic rings. The molecular formula is C17H33IN6OS. The molecule has 0 aromatic carbocycles. The number of ether oxygens (including phenoxy) is 1. The quantitative estimate of drug-likeness (QED) is 0.200. The number of aliphatic imine (C=N–C) groups is 1. The standard InChI is InChI=1S/C17H32N6OS.HI/c1-14-21-22-16(23(14)2)12-20-17(19-9-5-11-25-3)18-8-4-10-24-13-15-6-7-15;/h15H,4-13H2,1-3H3,(H2,18,19,20);1H. The molecular weight excluding hydrogens is 463 g/mol. The van der Waals surface area contributed by atoms with Crippen molar-refractivity contribution in [2.24, 2.45) is 18.0 Å². The van der Waals surface area contributed by atoms with Gasteiger partial charge in [-0.25, -0.2) is 4.99 Å². The van der Waals surface area contributed by atoms with Gasteiger partial charge in [-0.05, 0) is 50.5 Å². The van der Waals surface area contributed by atoms with E-state index in [1.165, 1.54) is 12.8 Å². The first-order valence-electron chi connectivity index (χ1n) is 9.14. The molecule has 1 saturated carbocycles. The zero-order chi connectivity index (χ0) is 17.9. The Morgan fingerprint density at radius 3 is 2.62 bits per heavy atom. The van der Waals surface area contributed by atoms with Crippen molar-refractivity contribution in [3.63, 3.8) is 0 Å². The van der Waals surface area contributed by atoms with Crippen LogP contribution in [-0.2, 0) is 18.3 Å². The van der Waals surface area contributed by atoms with Crippen LogP contribution in [0.3, 0.4) is 0 Å². The van der Waals surface area contributed by atoms with E-state index in [0.717, 1.165) is 68.4 Å². The van der Waals surface area contributed by atoms with Crippen LogP contribution in [0.5, 0.6) is 0 Å². The molecule has 0 radical (unpaired) electrons. The third-order valence-electron chi connectivity index (χ3n) is 4.19. The van der Waals surface area contributed by atoms with Gasteiger partial charge in [0.2, 0.25) is 0 Å². The molecule has 1 heterocycles. The average Bonchev–Trinajstić information content (AvgIpc) is 3.38. The lowest BCUT2D eigenvalue weighted by Crippen LogP contribution is -2.39. The number of nitrogens with zero attached hydrogens (tertiary/aromatic N) is 4. The largest absolute Gasteiger partial charge is 0.381 e. The molecule has 26 heavy (non-hydrogen) atoms. The Bertz CT molecular complexity index is 535. The van der Waals surface area contributed by atoms with Gasteiger partial charge in [-0.3, -0.25) is 0 Å². The summed E-state index contributed by atoms with van der Waals surface area (Å²) in [5.74, 6) is 4.59. The zero-order valence-electron chi connectivity index (χ0n) is 16.2. The second kappa shape index (κ2) is 13.6. The maximum Gasteiger partial charge on any atom is 0.191 e. The molecule has 9 heteroatoms. The predicted octanol–water partition coefficient (Wildman–Crippen LogP) is 2.35. The zero-order valence-corrected chi connectivity index (χ0v) is 19.3. The molecule has 0 amide bonds. The van der Waals surface area contributed by atoms with Crippen LogP contribution >= 0.6 is 35.7 Å². The van der Waals surface area contributed by atoms with E-state index in [1.54, 1.807) is 0 Å². The molecule has 2 N–H and O–H groups in total. The molecule has 2 rings (SSSR count). The Labute approximate surface area is 178 Å². The van der Waals surface area contributed by atoms with Gasteiger partial charge in [0.05, 0.1) is 0 Å². The van der Waals surface area contributed by atoms with E-state index in [2.05, 4.69) is 32.1 Å². The van der Waals surface area contributed by atoms with Gasteiger partial charge in [0, 0.05) is 33.4 Å². The highest BCUT2D eigenvalue weighted by Gasteiger charge is 2.20. The second-order valence-corrected chi connectivity index (χ2v) is 7.44. The van der Waals surface area contributed by atoms with Crippen LogP contribution < -0.4 is 10.6 Å². The minimum Gasteiger partial charge on any atom is -0.381 e. The summed E-state index contributed by atoms with van der Waals surface area (Å²) in [4.78, 5) is 4.65. The van der Waals surface area contributed by atoms with E-state index < -0.39 is 0 Å². The lowest BCUT2D eigenvalue weighted by molar-refractivity contribution is 0.123. The van der Waals surface area contributed by atoms with Crippen LogP contribution in [0.1, 0.15) is 37.3 Å². The fourth-order valence-electron chi connectivity index (χ4n) is 2.25. The molecule has 0 unspecified atom stereocenters. The Hall–Kier alpha value is -0.550. The van der Waals surface area contributed by atoms with Crippen molar-refractivity contribution in [3.8, 4) is 0 Å². The number of rotatable bonds is 12. The fraction of sp³-hybridized carbons (Fsp3) is 0.824. The normalized spacial score (nSPS) is 14.2. The van der Waals surface area contributed by atoms with Gasteiger partial charge in [0.1, 0.15) is 12.4 Å². The highest BCUT2D eigenvalue weighted by Crippen LogP contribution is 2.28. The van der Waals surface area contributed by atoms with Gasteiger partial charge in [-0.15, -0.1) is 34.2 Å². The molecule has 0 atom stereocenters. The molecule has 0 bridgehead atoms. The monoisotopic (exact) mass is 496 g/mol. The van der Waals surface area contributed by atoms with Crippen molar-refractivity contribution < 1.29 is 4.74 Å². The molecule has 0 spiro atoms. The fourth-order valence-corrected chi connectivity index (χ4v) is 2.68. The van der Waals surface area contributed by atoms with Crippen molar-refractivity contribution in [3.05, 3.63) is 11.6 Å². The van der Waals surface area contributed by atoms with E-state index in [9.17, 15) is 0 Å². The SMILES string of the molecule is CSCCCNC(=NCc1nnc(C)n1C)NCCCOCC1CC1.I. The highest BCUT2D eigenvalue weighted by atomic mass is 127. The van der Waals surface area contributed by atoms with Crippen molar-refractivity contribution in [1.29, 1.82) is 0 Å². The van der Waals surface area contributed by atoms with Gasteiger partial charge >= 0.3 is 0 Å². The first kappa shape index (κ1) is 23.5. The van der Waals surface area contributed by atoms with Crippen molar-refractivity contribution in [2.45, 2.75) is 39.2 Å². The maximum absolute atomic E-state index is 5.68. The Morgan fingerprint density at radius 2 is 2.00 bits per heavy atom. The second-order valence-electron chi connectivity index (χ2n) is 6.46. The number of aromatic nitrogens is 3. The number of guanidine groups is 1. The molecule has 0 aliphatic heterocycles. The number of hydrogen-bond donors (Lipinski definition) is 2. The summed E-state index contributed by atoms with van der Waals surface area (Å²) in [5, 5.41) is 15.0. The smallest absolute Gasteiger partial charge is 0.191 e. The lowest BCUT2D eigenvalue weighted by Gasteiger charge is -2.12. The van der Waals surface area contributed by atoms with Crippen LogP contribution in [0.15, 0.2) is 4.99 Å². The van der Waals surface area contributed by atoms with Crippen LogP contribution in [0.25, 0.3) is 0 Å². The molecule has 150 valence electrons. The molecule has 7 nitrogen and oxygen atoms in total. The highest BCUT2D eigenvalue weighted by molar-refractivity contribution is 14.0. The maximum atomic E-state index is 5.68. The van der Waals surface area contributed by atoms with Gasteiger partial charge in [-0.1, -0.05) is 0 Å². The minimum atomic E-state index is 0. The van der Waals surface area contributed by atoms with Crippen LogP contribution in [0.2, 0.25) is 0 Å². The molecule has 1 aromatic heterocycles. The van der Waals surface area contributed by atoms with Gasteiger partial charge in [-0.2, -0.15) is 11.8 Å². The van der Waals surface area contributed by atoms with Gasteiger partial charge in [0.25, 0.3) is 0 Å². The Kier molecular flexibility index (Phi) is 12.3. The number of aryl methyl sites for hydroxylation is 1. The number of halogens is 1. The number of thioether (sulfide) groups is 1. The summed E-state index contributed by atoms with van der Waals surface area (Å²) in [6.07, 6.45) is 6.93. The topological polar surface area (TPSA) is 76.4 Å². The van der Waals surface area contributed by atoms with E-state index in [4.69, 9.17) is 4.74 Å². The summed E-state index contributed by atoms with van der Waals surface area (Å²) in [6, 6.07) is 0. The summed E-state index contributed by atoms with van der Waals surface area (Å²) < 4.78 is 7.65. The van der Waals surface area contributed by atoms with Crippen LogP contribution in [-0.4, -0.2) is 59.0 Å². The van der Waals surface area contributed by atoms with Crippen LogP contribution in [0.4, 0.5) is 0 Å². The molecule has 0 saturated heterocycles. The van der Waals surface area contributed by atoms with E-state index in [1.807, 2.05) is 30.3 Å². The summed E-state index contributed by atoms with van der Waals surface area (Å²) in [5.41, 5.74) is 0. The van der Waals surface area contributed by atoms with Gasteiger partial charge in [0.15, 0.2) is 11.8 Å². The Morgan fingerprint density at radius 1 is 1.27 bits per heavy atom.